The van der Waals surface area contributed by atoms with Crippen molar-refractivity contribution in [1.29, 1.82) is 0 Å². The van der Waals surface area contributed by atoms with Crippen LogP contribution < -0.4 is 5.73 Å². The monoisotopic (exact) mass is 289 g/mol. The standard InChI is InChI=1S/C18H31N3/c1-16-6-7-17(2)18(14-16)15-21-12-10-20(11-13-21)9-5-3-4-8-19/h6-7,14H,3-5,8-13,15,19H2,1-2H3. The number of rotatable bonds is 7. The van der Waals surface area contributed by atoms with Crippen LogP contribution in [0, 0.1) is 13.8 Å². The number of unbranched alkanes of at least 4 members (excludes halogenated alkanes) is 2. The Labute approximate surface area is 130 Å². The highest BCUT2D eigenvalue weighted by Gasteiger charge is 2.17. The van der Waals surface area contributed by atoms with Crippen LogP contribution in [-0.4, -0.2) is 49.1 Å². The van der Waals surface area contributed by atoms with Crippen molar-refractivity contribution < 1.29 is 0 Å². The van der Waals surface area contributed by atoms with Gasteiger partial charge in [0.05, 0.1) is 0 Å². The highest BCUT2D eigenvalue weighted by molar-refractivity contribution is 5.30. The molecule has 21 heavy (non-hydrogen) atoms. The van der Waals surface area contributed by atoms with Gasteiger partial charge in [-0.3, -0.25) is 4.90 Å². The van der Waals surface area contributed by atoms with Crippen LogP contribution in [0.5, 0.6) is 0 Å². The van der Waals surface area contributed by atoms with Gasteiger partial charge >= 0.3 is 0 Å². The van der Waals surface area contributed by atoms with Crippen molar-refractivity contribution in [2.75, 3.05) is 39.3 Å². The Morgan fingerprint density at radius 3 is 2.38 bits per heavy atom. The zero-order valence-corrected chi connectivity index (χ0v) is 13.8. The van der Waals surface area contributed by atoms with Gasteiger partial charge in [-0.15, -0.1) is 0 Å². The maximum atomic E-state index is 5.54. The largest absolute Gasteiger partial charge is 0.330 e. The SMILES string of the molecule is Cc1ccc(C)c(CN2CCN(CCCCCN)CC2)c1. The lowest BCUT2D eigenvalue weighted by atomic mass is 10.0. The zero-order valence-electron chi connectivity index (χ0n) is 13.8. The normalized spacial score (nSPS) is 17.3. The van der Waals surface area contributed by atoms with Crippen molar-refractivity contribution in [3.63, 3.8) is 0 Å². The Hall–Kier alpha value is -0.900. The maximum absolute atomic E-state index is 5.54. The summed E-state index contributed by atoms with van der Waals surface area (Å²) in [7, 11) is 0. The minimum absolute atomic E-state index is 0.837. The van der Waals surface area contributed by atoms with E-state index in [1.165, 1.54) is 68.7 Å². The second-order valence-electron chi connectivity index (χ2n) is 6.40. The van der Waals surface area contributed by atoms with Gasteiger partial charge in [0.1, 0.15) is 0 Å². The topological polar surface area (TPSA) is 32.5 Å². The Kier molecular flexibility index (Phi) is 6.68. The molecule has 0 spiro atoms. The molecule has 1 heterocycles. The lowest BCUT2D eigenvalue weighted by Gasteiger charge is -2.35. The summed E-state index contributed by atoms with van der Waals surface area (Å²) in [6.07, 6.45) is 3.75. The molecule has 0 radical (unpaired) electrons. The number of nitrogens with two attached hydrogens (primary N) is 1. The van der Waals surface area contributed by atoms with E-state index in [0.29, 0.717) is 0 Å². The third-order valence-electron chi connectivity index (χ3n) is 4.54. The van der Waals surface area contributed by atoms with E-state index in [1.807, 2.05) is 0 Å². The third kappa shape index (κ3) is 5.42. The second-order valence-corrected chi connectivity index (χ2v) is 6.40. The average Bonchev–Trinajstić information content (AvgIpc) is 2.49. The first-order chi connectivity index (χ1) is 10.2. The predicted octanol–water partition coefficient (Wildman–Crippen LogP) is 2.55. The molecule has 0 bridgehead atoms. The fraction of sp³-hybridized carbons (Fsp3) is 0.667. The predicted molar refractivity (Wildman–Crippen MR) is 90.5 cm³/mol. The molecule has 1 fully saturated rings. The van der Waals surface area contributed by atoms with Crippen molar-refractivity contribution in [1.82, 2.24) is 9.80 Å². The summed E-state index contributed by atoms with van der Waals surface area (Å²) in [6, 6.07) is 6.80. The second kappa shape index (κ2) is 8.52. The summed E-state index contributed by atoms with van der Waals surface area (Å²) >= 11 is 0. The lowest BCUT2D eigenvalue weighted by molar-refractivity contribution is 0.125. The van der Waals surface area contributed by atoms with Gasteiger partial charge in [-0.25, -0.2) is 0 Å². The van der Waals surface area contributed by atoms with Crippen molar-refractivity contribution in [3.05, 3.63) is 34.9 Å². The van der Waals surface area contributed by atoms with E-state index in [-0.39, 0.29) is 0 Å². The number of aryl methyl sites for hydroxylation is 2. The van der Waals surface area contributed by atoms with E-state index in [4.69, 9.17) is 5.73 Å². The van der Waals surface area contributed by atoms with Gasteiger partial charge in [0.15, 0.2) is 0 Å². The molecule has 0 amide bonds. The first kappa shape index (κ1) is 16.5. The van der Waals surface area contributed by atoms with Crippen LogP contribution in [0.3, 0.4) is 0 Å². The number of benzene rings is 1. The molecule has 0 aliphatic carbocycles. The lowest BCUT2D eigenvalue weighted by Crippen LogP contribution is -2.46. The molecule has 3 heteroatoms. The van der Waals surface area contributed by atoms with Crippen LogP contribution in [0.15, 0.2) is 18.2 Å². The number of nitrogens with zero attached hydrogens (tertiary/aromatic N) is 2. The van der Waals surface area contributed by atoms with Gasteiger partial charge < -0.3 is 10.6 Å². The molecule has 2 rings (SSSR count). The summed E-state index contributed by atoms with van der Waals surface area (Å²) in [5.41, 5.74) is 9.82. The number of piperazine rings is 1. The van der Waals surface area contributed by atoms with Gasteiger partial charge in [0, 0.05) is 32.7 Å². The van der Waals surface area contributed by atoms with Gasteiger partial charge in [-0.1, -0.05) is 30.2 Å². The molecule has 2 N–H and O–H groups in total. The average molecular weight is 289 g/mol. The smallest absolute Gasteiger partial charge is 0.0237 e. The molecule has 1 aromatic rings. The minimum atomic E-state index is 0.837. The molecule has 3 nitrogen and oxygen atoms in total. The summed E-state index contributed by atoms with van der Waals surface area (Å²) in [4.78, 5) is 5.20. The fourth-order valence-electron chi connectivity index (χ4n) is 3.04. The zero-order chi connectivity index (χ0) is 15.1. The van der Waals surface area contributed by atoms with Crippen LogP contribution in [0.25, 0.3) is 0 Å². The molecule has 0 unspecified atom stereocenters. The Morgan fingerprint density at radius 1 is 0.952 bits per heavy atom. The van der Waals surface area contributed by atoms with Crippen molar-refractivity contribution in [3.8, 4) is 0 Å². The minimum Gasteiger partial charge on any atom is -0.330 e. The van der Waals surface area contributed by atoms with E-state index in [9.17, 15) is 0 Å². The molecule has 0 aromatic heterocycles. The molecule has 0 atom stereocenters. The van der Waals surface area contributed by atoms with E-state index in [0.717, 1.165) is 13.1 Å². The quantitative estimate of drug-likeness (QED) is 0.783. The van der Waals surface area contributed by atoms with E-state index in [1.54, 1.807) is 0 Å². The van der Waals surface area contributed by atoms with Crippen LogP contribution >= 0.6 is 0 Å². The van der Waals surface area contributed by atoms with Crippen LogP contribution in [0.4, 0.5) is 0 Å². The number of hydrogen-bond acceptors (Lipinski definition) is 3. The van der Waals surface area contributed by atoms with Gasteiger partial charge in [-0.2, -0.15) is 0 Å². The van der Waals surface area contributed by atoms with Crippen molar-refractivity contribution in [2.24, 2.45) is 5.73 Å². The third-order valence-corrected chi connectivity index (χ3v) is 4.54. The summed E-state index contributed by atoms with van der Waals surface area (Å²) in [5.74, 6) is 0. The molecule has 1 aliphatic heterocycles. The van der Waals surface area contributed by atoms with E-state index >= 15 is 0 Å². The van der Waals surface area contributed by atoms with E-state index < -0.39 is 0 Å². The molecule has 1 saturated heterocycles. The first-order valence-electron chi connectivity index (χ1n) is 8.40. The highest BCUT2D eigenvalue weighted by Crippen LogP contribution is 2.15. The molecule has 0 saturated carbocycles. The first-order valence-corrected chi connectivity index (χ1v) is 8.40. The van der Waals surface area contributed by atoms with Gasteiger partial charge in [0.25, 0.3) is 0 Å². The Bertz CT molecular complexity index is 422. The summed E-state index contributed by atoms with van der Waals surface area (Å²) < 4.78 is 0. The molecule has 1 aromatic carbocycles. The van der Waals surface area contributed by atoms with Crippen molar-refractivity contribution >= 4 is 0 Å². The van der Waals surface area contributed by atoms with Crippen molar-refractivity contribution in [2.45, 2.75) is 39.7 Å². The molecular formula is C18H31N3. The van der Waals surface area contributed by atoms with Crippen LogP contribution in [-0.2, 0) is 6.54 Å². The maximum Gasteiger partial charge on any atom is 0.0237 e. The van der Waals surface area contributed by atoms with Gasteiger partial charge in [0.2, 0.25) is 0 Å². The molecule has 1 aliphatic rings. The number of hydrogen-bond donors (Lipinski definition) is 1. The molecular weight excluding hydrogens is 258 g/mol. The van der Waals surface area contributed by atoms with Crippen LogP contribution in [0.2, 0.25) is 0 Å². The van der Waals surface area contributed by atoms with Crippen LogP contribution in [0.1, 0.15) is 36.0 Å². The Balaban J connectivity index is 1.72. The molecule has 118 valence electrons. The fourth-order valence-corrected chi connectivity index (χ4v) is 3.04. The summed E-state index contributed by atoms with van der Waals surface area (Å²) in [6.45, 7) is 12.4. The highest BCUT2D eigenvalue weighted by atomic mass is 15.3. The Morgan fingerprint density at radius 2 is 1.67 bits per heavy atom. The van der Waals surface area contributed by atoms with Gasteiger partial charge in [-0.05, 0) is 50.9 Å². The van der Waals surface area contributed by atoms with E-state index in [2.05, 4.69) is 41.8 Å². The summed E-state index contributed by atoms with van der Waals surface area (Å²) in [5, 5.41) is 0.